The van der Waals surface area contributed by atoms with E-state index >= 15 is 0 Å². The number of rotatable bonds is 4. The van der Waals surface area contributed by atoms with Crippen LogP contribution in [0.1, 0.15) is 23.4 Å². The summed E-state index contributed by atoms with van der Waals surface area (Å²) in [4.78, 5) is 15.0. The molecule has 4 nitrogen and oxygen atoms in total. The molecule has 0 saturated carbocycles. The van der Waals surface area contributed by atoms with E-state index in [1.165, 1.54) is 6.20 Å². The molecule has 1 rings (SSSR count). The molecule has 0 unspecified atom stereocenters. The fourth-order valence-corrected chi connectivity index (χ4v) is 1.18. The molecule has 0 saturated heterocycles. The lowest BCUT2D eigenvalue weighted by molar-refractivity contribution is 0.0488. The van der Waals surface area contributed by atoms with Gasteiger partial charge in [-0.3, -0.25) is 0 Å². The van der Waals surface area contributed by atoms with Crippen LogP contribution in [0.25, 0.3) is 0 Å². The molecule has 0 spiro atoms. The Labute approximate surface area is 80.7 Å². The van der Waals surface area contributed by atoms with E-state index in [1.807, 2.05) is 6.26 Å². The predicted molar refractivity (Wildman–Crippen MR) is 49.7 cm³/mol. The second-order valence-electron chi connectivity index (χ2n) is 2.27. The van der Waals surface area contributed by atoms with Gasteiger partial charge >= 0.3 is 5.97 Å². The Balaban J connectivity index is 2.62. The summed E-state index contributed by atoms with van der Waals surface area (Å²) in [7, 11) is 0. The van der Waals surface area contributed by atoms with E-state index in [4.69, 9.17) is 9.15 Å². The molecule has 5 heteroatoms. The zero-order valence-electron chi connectivity index (χ0n) is 7.57. The molecule has 0 atom stereocenters. The van der Waals surface area contributed by atoms with Crippen molar-refractivity contribution in [3.05, 3.63) is 17.8 Å². The fourth-order valence-electron chi connectivity index (χ4n) is 0.797. The Kier molecular flexibility index (Phi) is 3.82. The SMILES string of the molecule is CCOC(=O)c1cnc(CSC)o1. The Hall–Kier alpha value is -0.970. The van der Waals surface area contributed by atoms with Gasteiger partial charge < -0.3 is 9.15 Å². The summed E-state index contributed by atoms with van der Waals surface area (Å²) >= 11 is 1.58. The van der Waals surface area contributed by atoms with Crippen molar-refractivity contribution in [1.82, 2.24) is 4.98 Å². The van der Waals surface area contributed by atoms with E-state index in [2.05, 4.69) is 4.98 Å². The molecule has 13 heavy (non-hydrogen) atoms. The van der Waals surface area contributed by atoms with Gasteiger partial charge in [-0.1, -0.05) is 0 Å². The standard InChI is InChI=1S/C8H11NO3S/c1-3-11-8(10)6-4-9-7(12-6)5-13-2/h4H,3,5H2,1-2H3. The molecular formula is C8H11NO3S. The quantitative estimate of drug-likeness (QED) is 0.694. The van der Waals surface area contributed by atoms with Crippen LogP contribution in [0.2, 0.25) is 0 Å². The number of esters is 1. The van der Waals surface area contributed by atoms with Crippen molar-refractivity contribution < 1.29 is 13.9 Å². The number of nitrogens with zero attached hydrogens (tertiary/aromatic N) is 1. The molecule has 0 aliphatic heterocycles. The maximum Gasteiger partial charge on any atom is 0.375 e. The predicted octanol–water partition coefficient (Wildman–Crippen LogP) is 1.71. The first kappa shape index (κ1) is 10.1. The van der Waals surface area contributed by atoms with Crippen molar-refractivity contribution in [2.45, 2.75) is 12.7 Å². The highest BCUT2D eigenvalue weighted by molar-refractivity contribution is 7.97. The highest BCUT2D eigenvalue weighted by atomic mass is 32.2. The molecule has 0 aromatic carbocycles. The van der Waals surface area contributed by atoms with E-state index in [0.717, 1.165) is 0 Å². The first-order valence-corrected chi connectivity index (χ1v) is 5.28. The van der Waals surface area contributed by atoms with Crippen molar-refractivity contribution in [1.29, 1.82) is 0 Å². The van der Waals surface area contributed by atoms with E-state index in [9.17, 15) is 4.79 Å². The third-order valence-electron chi connectivity index (χ3n) is 1.30. The van der Waals surface area contributed by atoms with Gasteiger partial charge in [0.1, 0.15) is 0 Å². The zero-order chi connectivity index (χ0) is 9.68. The molecule has 1 aromatic rings. The Morgan fingerprint density at radius 3 is 3.15 bits per heavy atom. The van der Waals surface area contributed by atoms with Crippen LogP contribution < -0.4 is 0 Å². The molecular weight excluding hydrogens is 190 g/mol. The monoisotopic (exact) mass is 201 g/mol. The van der Waals surface area contributed by atoms with Crippen LogP contribution in [0.3, 0.4) is 0 Å². The molecule has 0 aliphatic rings. The number of carbonyl (C=O) groups excluding carboxylic acids is 1. The number of hydrogen-bond acceptors (Lipinski definition) is 5. The number of hydrogen-bond donors (Lipinski definition) is 0. The van der Waals surface area contributed by atoms with E-state index < -0.39 is 5.97 Å². The van der Waals surface area contributed by atoms with Gasteiger partial charge in [-0.25, -0.2) is 9.78 Å². The summed E-state index contributed by atoms with van der Waals surface area (Å²) < 4.78 is 9.87. The highest BCUT2D eigenvalue weighted by Crippen LogP contribution is 2.10. The largest absolute Gasteiger partial charge is 0.460 e. The average molecular weight is 201 g/mol. The van der Waals surface area contributed by atoms with Crippen LogP contribution in [-0.4, -0.2) is 23.8 Å². The molecule has 0 N–H and O–H groups in total. The Morgan fingerprint density at radius 2 is 2.54 bits per heavy atom. The van der Waals surface area contributed by atoms with E-state index in [-0.39, 0.29) is 5.76 Å². The van der Waals surface area contributed by atoms with Crippen LogP contribution in [0.15, 0.2) is 10.6 Å². The number of aromatic nitrogens is 1. The van der Waals surface area contributed by atoms with Crippen LogP contribution in [-0.2, 0) is 10.5 Å². The summed E-state index contributed by atoms with van der Waals surface area (Å²) in [6, 6.07) is 0. The lowest BCUT2D eigenvalue weighted by atomic mass is 10.5. The van der Waals surface area contributed by atoms with Gasteiger partial charge in [0, 0.05) is 0 Å². The summed E-state index contributed by atoms with van der Waals surface area (Å²) in [5, 5.41) is 0. The van der Waals surface area contributed by atoms with Gasteiger partial charge in [0.15, 0.2) is 0 Å². The lowest BCUT2D eigenvalue weighted by Crippen LogP contribution is -2.02. The van der Waals surface area contributed by atoms with Gasteiger partial charge in [0.2, 0.25) is 11.7 Å². The van der Waals surface area contributed by atoms with Crippen molar-refractivity contribution in [3.63, 3.8) is 0 Å². The first-order valence-electron chi connectivity index (χ1n) is 3.88. The van der Waals surface area contributed by atoms with Crippen LogP contribution in [0, 0.1) is 0 Å². The minimum atomic E-state index is -0.456. The third kappa shape index (κ3) is 2.77. The zero-order valence-corrected chi connectivity index (χ0v) is 8.39. The maximum absolute atomic E-state index is 11.1. The molecule has 0 amide bonds. The van der Waals surface area contributed by atoms with E-state index in [0.29, 0.717) is 18.3 Å². The molecule has 0 bridgehead atoms. The number of carbonyl (C=O) groups is 1. The van der Waals surface area contributed by atoms with E-state index in [1.54, 1.807) is 18.7 Å². The second-order valence-corrected chi connectivity index (χ2v) is 3.14. The minimum absolute atomic E-state index is 0.172. The highest BCUT2D eigenvalue weighted by Gasteiger charge is 2.12. The minimum Gasteiger partial charge on any atom is -0.460 e. The molecule has 72 valence electrons. The third-order valence-corrected chi connectivity index (χ3v) is 1.83. The molecule has 0 fully saturated rings. The second kappa shape index (κ2) is 4.91. The summed E-state index contributed by atoms with van der Waals surface area (Å²) in [5.41, 5.74) is 0. The summed E-state index contributed by atoms with van der Waals surface area (Å²) in [6.07, 6.45) is 3.33. The van der Waals surface area contributed by atoms with Crippen LogP contribution >= 0.6 is 11.8 Å². The Morgan fingerprint density at radius 1 is 1.77 bits per heavy atom. The van der Waals surface area contributed by atoms with Gasteiger partial charge in [0.25, 0.3) is 0 Å². The molecule has 0 radical (unpaired) electrons. The van der Waals surface area contributed by atoms with Crippen molar-refractivity contribution in [3.8, 4) is 0 Å². The number of oxazole rings is 1. The smallest absolute Gasteiger partial charge is 0.375 e. The van der Waals surface area contributed by atoms with Crippen LogP contribution in [0.5, 0.6) is 0 Å². The van der Waals surface area contributed by atoms with Gasteiger partial charge in [-0.15, -0.1) is 0 Å². The number of thioether (sulfide) groups is 1. The molecule has 1 aromatic heterocycles. The topological polar surface area (TPSA) is 52.3 Å². The molecule has 1 heterocycles. The number of ether oxygens (including phenoxy) is 1. The van der Waals surface area contributed by atoms with Crippen molar-refractivity contribution in [2.75, 3.05) is 12.9 Å². The lowest BCUT2D eigenvalue weighted by Gasteiger charge is -1.95. The normalized spacial score (nSPS) is 10.0. The summed E-state index contributed by atoms with van der Waals surface area (Å²) in [6.45, 7) is 2.09. The van der Waals surface area contributed by atoms with Gasteiger partial charge in [-0.2, -0.15) is 11.8 Å². The van der Waals surface area contributed by atoms with Crippen molar-refractivity contribution >= 4 is 17.7 Å². The fraction of sp³-hybridized carbons (Fsp3) is 0.500. The van der Waals surface area contributed by atoms with Crippen molar-refractivity contribution in [2.24, 2.45) is 0 Å². The molecule has 0 aliphatic carbocycles. The summed E-state index contributed by atoms with van der Waals surface area (Å²) in [5.74, 6) is 0.933. The van der Waals surface area contributed by atoms with Gasteiger partial charge in [0.05, 0.1) is 18.6 Å². The Bertz CT molecular complexity index is 285. The first-order chi connectivity index (χ1) is 6.27. The maximum atomic E-state index is 11.1. The van der Waals surface area contributed by atoms with Gasteiger partial charge in [-0.05, 0) is 13.2 Å². The average Bonchev–Trinajstić information content (AvgIpc) is 2.54. The van der Waals surface area contributed by atoms with Crippen LogP contribution in [0.4, 0.5) is 0 Å².